The monoisotopic (exact) mass is 181 g/mol. The molecule has 66 valence electrons. The number of hydrogen-bond acceptors (Lipinski definition) is 4. The van der Waals surface area contributed by atoms with Crippen LogP contribution < -0.4 is 0 Å². The molecule has 0 aliphatic carbocycles. The molecule has 0 bridgehead atoms. The van der Waals surface area contributed by atoms with Crippen molar-refractivity contribution in [1.82, 2.24) is 4.31 Å². The lowest BCUT2D eigenvalue weighted by Gasteiger charge is -2.24. The summed E-state index contributed by atoms with van der Waals surface area (Å²) in [6, 6.07) is 0. The molecule has 11 heavy (non-hydrogen) atoms. The number of morpholine rings is 1. The highest BCUT2D eigenvalue weighted by molar-refractivity contribution is 7.84. The fraction of sp³-hybridized carbons (Fsp3) is 1.00. The molecule has 1 aliphatic heterocycles. The van der Waals surface area contributed by atoms with Gasteiger partial charge in [-0.05, 0) is 0 Å². The quantitative estimate of drug-likeness (QED) is 0.560. The standard InChI is InChI=1S/C5H11NO4S/c1-9-11(7,8)6-2-4-10-5-3-6/h2-5H2,1H3. The van der Waals surface area contributed by atoms with Crippen LogP contribution in [0.25, 0.3) is 0 Å². The van der Waals surface area contributed by atoms with Crippen LogP contribution in [0.5, 0.6) is 0 Å². The molecule has 0 aromatic heterocycles. The fourth-order valence-corrected chi connectivity index (χ4v) is 1.68. The van der Waals surface area contributed by atoms with Crippen molar-refractivity contribution >= 4 is 10.3 Å². The molecule has 0 unspecified atom stereocenters. The molecular formula is C5H11NO4S. The molecule has 0 atom stereocenters. The van der Waals surface area contributed by atoms with Crippen LogP contribution in [0.4, 0.5) is 0 Å². The van der Waals surface area contributed by atoms with E-state index in [1.165, 1.54) is 4.31 Å². The molecule has 0 aromatic carbocycles. The van der Waals surface area contributed by atoms with Gasteiger partial charge in [0.15, 0.2) is 0 Å². The molecule has 6 heteroatoms. The third-order valence-electron chi connectivity index (χ3n) is 1.50. The second-order valence-corrected chi connectivity index (χ2v) is 3.84. The highest BCUT2D eigenvalue weighted by Crippen LogP contribution is 2.04. The van der Waals surface area contributed by atoms with Gasteiger partial charge < -0.3 is 4.74 Å². The number of nitrogens with zero attached hydrogens (tertiary/aromatic N) is 1. The molecule has 1 rings (SSSR count). The Morgan fingerprint density at radius 1 is 1.36 bits per heavy atom. The largest absolute Gasteiger partial charge is 0.379 e. The maximum absolute atomic E-state index is 11.0. The smallest absolute Gasteiger partial charge is 0.338 e. The Bertz CT molecular complexity index is 207. The third-order valence-corrected chi connectivity index (χ3v) is 2.92. The van der Waals surface area contributed by atoms with Gasteiger partial charge in [-0.25, -0.2) is 0 Å². The lowest BCUT2D eigenvalue weighted by Crippen LogP contribution is -2.41. The summed E-state index contributed by atoms with van der Waals surface area (Å²) in [6.45, 7) is 1.66. The van der Waals surface area contributed by atoms with E-state index in [2.05, 4.69) is 4.18 Å². The van der Waals surface area contributed by atoms with Gasteiger partial charge in [-0.15, -0.1) is 0 Å². The zero-order chi connectivity index (χ0) is 8.32. The number of rotatable bonds is 2. The predicted octanol–water partition coefficient (Wildman–Crippen LogP) is -0.790. The molecule has 0 radical (unpaired) electrons. The van der Waals surface area contributed by atoms with Crippen LogP contribution in [0.15, 0.2) is 0 Å². The Balaban J connectivity index is 2.58. The fourth-order valence-electron chi connectivity index (χ4n) is 0.876. The number of ether oxygens (including phenoxy) is 1. The summed E-state index contributed by atoms with van der Waals surface area (Å²) in [6.07, 6.45) is 0. The normalized spacial score (nSPS) is 21.9. The Labute approximate surface area is 66.1 Å². The molecule has 1 aliphatic rings. The molecule has 0 saturated carbocycles. The first-order valence-electron chi connectivity index (χ1n) is 3.30. The van der Waals surface area contributed by atoms with Gasteiger partial charge in [-0.3, -0.25) is 4.18 Å². The van der Waals surface area contributed by atoms with Gasteiger partial charge in [0.1, 0.15) is 0 Å². The second kappa shape index (κ2) is 3.48. The van der Waals surface area contributed by atoms with E-state index in [1.807, 2.05) is 0 Å². The highest BCUT2D eigenvalue weighted by Gasteiger charge is 2.23. The van der Waals surface area contributed by atoms with Gasteiger partial charge in [-0.2, -0.15) is 12.7 Å². The molecule has 1 fully saturated rings. The summed E-state index contributed by atoms with van der Waals surface area (Å²) in [5, 5.41) is 0. The van der Waals surface area contributed by atoms with Crippen molar-refractivity contribution in [3.05, 3.63) is 0 Å². The van der Waals surface area contributed by atoms with Gasteiger partial charge >= 0.3 is 10.3 Å². The van der Waals surface area contributed by atoms with Crippen molar-refractivity contribution in [2.24, 2.45) is 0 Å². The maximum Gasteiger partial charge on any atom is 0.338 e. The van der Waals surface area contributed by atoms with Crippen LogP contribution in [-0.2, 0) is 19.2 Å². The van der Waals surface area contributed by atoms with Crippen molar-refractivity contribution in [2.45, 2.75) is 0 Å². The predicted molar refractivity (Wildman–Crippen MR) is 38.3 cm³/mol. The Morgan fingerprint density at radius 3 is 2.36 bits per heavy atom. The molecule has 0 amide bonds. The molecular weight excluding hydrogens is 170 g/mol. The summed E-state index contributed by atoms with van der Waals surface area (Å²) in [4.78, 5) is 0. The van der Waals surface area contributed by atoms with Crippen LogP contribution in [-0.4, -0.2) is 46.1 Å². The van der Waals surface area contributed by atoms with E-state index in [0.717, 1.165) is 7.11 Å². The molecule has 1 saturated heterocycles. The van der Waals surface area contributed by atoms with Gasteiger partial charge in [0.25, 0.3) is 0 Å². The lowest BCUT2D eigenvalue weighted by molar-refractivity contribution is 0.0681. The van der Waals surface area contributed by atoms with Crippen LogP contribution >= 0.6 is 0 Å². The second-order valence-electron chi connectivity index (χ2n) is 2.14. The van der Waals surface area contributed by atoms with Crippen LogP contribution in [0.3, 0.4) is 0 Å². The van der Waals surface area contributed by atoms with Crippen molar-refractivity contribution in [1.29, 1.82) is 0 Å². The minimum Gasteiger partial charge on any atom is -0.379 e. The molecule has 0 spiro atoms. The molecule has 1 heterocycles. The summed E-state index contributed by atoms with van der Waals surface area (Å²) in [5.41, 5.74) is 0. The van der Waals surface area contributed by atoms with E-state index in [4.69, 9.17) is 4.74 Å². The zero-order valence-electron chi connectivity index (χ0n) is 6.32. The van der Waals surface area contributed by atoms with E-state index in [1.54, 1.807) is 0 Å². The molecule has 5 nitrogen and oxygen atoms in total. The first kappa shape index (κ1) is 8.92. The van der Waals surface area contributed by atoms with Gasteiger partial charge in [0.05, 0.1) is 20.3 Å². The first-order valence-corrected chi connectivity index (χ1v) is 4.67. The van der Waals surface area contributed by atoms with Crippen molar-refractivity contribution in [3.8, 4) is 0 Å². The number of hydrogen-bond donors (Lipinski definition) is 0. The van der Waals surface area contributed by atoms with Crippen LogP contribution in [0.2, 0.25) is 0 Å². The van der Waals surface area contributed by atoms with Crippen LogP contribution in [0, 0.1) is 0 Å². The maximum atomic E-state index is 11.0. The van der Waals surface area contributed by atoms with Crippen molar-refractivity contribution < 1.29 is 17.3 Å². The molecule has 0 N–H and O–H groups in total. The summed E-state index contributed by atoms with van der Waals surface area (Å²) in [7, 11) is -2.31. The Hall–Kier alpha value is -0.170. The highest BCUT2D eigenvalue weighted by atomic mass is 32.2. The third kappa shape index (κ3) is 2.13. The summed E-state index contributed by atoms with van der Waals surface area (Å²) < 4.78 is 32.6. The van der Waals surface area contributed by atoms with E-state index < -0.39 is 10.3 Å². The summed E-state index contributed by atoms with van der Waals surface area (Å²) >= 11 is 0. The van der Waals surface area contributed by atoms with Gasteiger partial charge in [0, 0.05) is 13.1 Å². The van der Waals surface area contributed by atoms with Crippen LogP contribution in [0.1, 0.15) is 0 Å². The minimum atomic E-state index is -3.47. The Kier molecular flexibility index (Phi) is 2.83. The topological polar surface area (TPSA) is 55.8 Å². The van der Waals surface area contributed by atoms with E-state index in [0.29, 0.717) is 26.3 Å². The van der Waals surface area contributed by atoms with Gasteiger partial charge in [-0.1, -0.05) is 0 Å². The SMILES string of the molecule is COS(=O)(=O)N1CCOCC1. The zero-order valence-corrected chi connectivity index (χ0v) is 7.13. The van der Waals surface area contributed by atoms with E-state index in [-0.39, 0.29) is 0 Å². The first-order chi connectivity index (χ1) is 5.17. The van der Waals surface area contributed by atoms with Crippen molar-refractivity contribution in [2.75, 3.05) is 33.4 Å². The summed E-state index contributed by atoms with van der Waals surface area (Å²) in [5.74, 6) is 0. The minimum absolute atomic E-state index is 0.385. The average Bonchev–Trinajstić information content (AvgIpc) is 2.06. The average molecular weight is 181 g/mol. The van der Waals surface area contributed by atoms with Gasteiger partial charge in [0.2, 0.25) is 0 Å². The van der Waals surface area contributed by atoms with E-state index >= 15 is 0 Å². The molecule has 0 aromatic rings. The lowest BCUT2D eigenvalue weighted by atomic mass is 10.5. The van der Waals surface area contributed by atoms with Crippen molar-refractivity contribution in [3.63, 3.8) is 0 Å². The Morgan fingerprint density at radius 2 is 1.91 bits per heavy atom. The van der Waals surface area contributed by atoms with E-state index in [9.17, 15) is 8.42 Å².